The fourth-order valence-corrected chi connectivity index (χ4v) is 3.22. The minimum Gasteiger partial charge on any atom is -0.493 e. The van der Waals surface area contributed by atoms with Gasteiger partial charge in [0, 0.05) is 45.8 Å². The van der Waals surface area contributed by atoms with Crippen LogP contribution in [0.4, 0.5) is 11.8 Å². The summed E-state index contributed by atoms with van der Waals surface area (Å²) in [5.74, 6) is 3.06. The smallest absolute Gasteiger partial charge is 0.224 e. The number of rotatable bonds is 7. The molecule has 8 nitrogen and oxygen atoms in total. The van der Waals surface area contributed by atoms with Gasteiger partial charge in [0.1, 0.15) is 5.82 Å². The van der Waals surface area contributed by atoms with Crippen LogP contribution in [0, 0.1) is 0 Å². The Hall–Kier alpha value is -3.03. The number of carbonyl (C=O) groups excluding carboxylic acids is 1. The Morgan fingerprint density at radius 3 is 2.54 bits per heavy atom. The molecule has 2 aromatic rings. The van der Waals surface area contributed by atoms with Gasteiger partial charge >= 0.3 is 0 Å². The van der Waals surface area contributed by atoms with Crippen LogP contribution < -0.4 is 19.7 Å². The topological polar surface area (TPSA) is 79.8 Å². The highest BCUT2D eigenvalue weighted by molar-refractivity contribution is 5.73. The Morgan fingerprint density at radius 2 is 1.86 bits per heavy atom. The van der Waals surface area contributed by atoms with E-state index >= 15 is 0 Å². The second kappa shape index (κ2) is 9.25. The lowest BCUT2D eigenvalue weighted by Crippen LogP contribution is -2.48. The van der Waals surface area contributed by atoms with Crippen LogP contribution in [0.15, 0.2) is 30.5 Å². The van der Waals surface area contributed by atoms with Gasteiger partial charge < -0.3 is 24.6 Å². The first kappa shape index (κ1) is 19.7. The lowest BCUT2D eigenvalue weighted by molar-refractivity contribution is -0.129. The second-order valence-corrected chi connectivity index (χ2v) is 6.60. The van der Waals surface area contributed by atoms with Crippen molar-refractivity contribution in [3.63, 3.8) is 0 Å². The monoisotopic (exact) mass is 385 g/mol. The molecule has 8 heteroatoms. The first-order valence-electron chi connectivity index (χ1n) is 9.39. The van der Waals surface area contributed by atoms with Gasteiger partial charge in [0.15, 0.2) is 11.5 Å². The number of carbonyl (C=O) groups is 1. The Kier molecular flexibility index (Phi) is 6.52. The van der Waals surface area contributed by atoms with Gasteiger partial charge in [-0.3, -0.25) is 4.79 Å². The van der Waals surface area contributed by atoms with E-state index in [1.807, 2.05) is 29.2 Å². The van der Waals surface area contributed by atoms with Crippen molar-refractivity contribution >= 4 is 17.7 Å². The number of anilines is 2. The predicted octanol–water partition coefficient (Wildman–Crippen LogP) is 1.82. The first-order chi connectivity index (χ1) is 13.6. The fraction of sp³-hybridized carbons (Fsp3) is 0.450. The molecule has 1 fully saturated rings. The maximum Gasteiger partial charge on any atom is 0.224 e. The third kappa shape index (κ3) is 4.82. The Balaban J connectivity index is 1.55. The number of aromatic nitrogens is 2. The van der Waals surface area contributed by atoms with Crippen LogP contribution in [0.3, 0.4) is 0 Å². The van der Waals surface area contributed by atoms with Gasteiger partial charge in [-0.05, 0) is 30.2 Å². The van der Waals surface area contributed by atoms with Crippen LogP contribution in [-0.4, -0.2) is 67.7 Å². The third-order valence-corrected chi connectivity index (χ3v) is 4.83. The van der Waals surface area contributed by atoms with Gasteiger partial charge in [0.05, 0.1) is 14.2 Å². The SMILES string of the molecule is COc1ccc(CCNc2nccc(N3CCN(C(C)=O)CC3)n2)cc1OC. The first-order valence-corrected chi connectivity index (χ1v) is 9.39. The summed E-state index contributed by atoms with van der Waals surface area (Å²) >= 11 is 0. The number of ether oxygens (including phenoxy) is 2. The lowest BCUT2D eigenvalue weighted by atomic mass is 10.1. The Bertz CT molecular complexity index is 806. The molecule has 0 bridgehead atoms. The molecule has 2 heterocycles. The molecule has 1 N–H and O–H groups in total. The quantitative estimate of drug-likeness (QED) is 0.779. The summed E-state index contributed by atoms with van der Waals surface area (Å²) in [5, 5.41) is 3.28. The molecule has 3 rings (SSSR count). The molecule has 1 aliphatic heterocycles. The van der Waals surface area contributed by atoms with E-state index in [1.165, 1.54) is 0 Å². The van der Waals surface area contributed by atoms with Gasteiger partial charge in [-0.15, -0.1) is 0 Å². The normalized spacial score (nSPS) is 14.0. The number of methoxy groups -OCH3 is 2. The standard InChI is InChI=1S/C20H27N5O3/c1-15(26)24-10-12-25(13-11-24)19-7-9-22-20(23-19)21-8-6-16-4-5-17(27-2)18(14-16)28-3/h4-5,7,9,14H,6,8,10-13H2,1-3H3,(H,21,22,23). The summed E-state index contributed by atoms with van der Waals surface area (Å²) in [5.41, 5.74) is 1.14. The molecule has 0 spiro atoms. The van der Waals surface area contributed by atoms with Crippen molar-refractivity contribution in [2.24, 2.45) is 0 Å². The summed E-state index contributed by atoms with van der Waals surface area (Å²) in [6.45, 7) is 5.32. The maximum atomic E-state index is 11.5. The van der Waals surface area contributed by atoms with Gasteiger partial charge in [-0.25, -0.2) is 4.98 Å². The molecule has 28 heavy (non-hydrogen) atoms. The van der Waals surface area contributed by atoms with Gasteiger partial charge in [0.25, 0.3) is 0 Å². The molecular weight excluding hydrogens is 358 g/mol. The average molecular weight is 385 g/mol. The number of hydrogen-bond donors (Lipinski definition) is 1. The van der Waals surface area contributed by atoms with Crippen LogP contribution in [-0.2, 0) is 11.2 Å². The van der Waals surface area contributed by atoms with Gasteiger partial charge in [-0.1, -0.05) is 6.07 Å². The van der Waals surface area contributed by atoms with Gasteiger partial charge in [0.2, 0.25) is 11.9 Å². The Labute approximate surface area is 165 Å². The third-order valence-electron chi connectivity index (χ3n) is 4.83. The summed E-state index contributed by atoms with van der Waals surface area (Å²) in [6, 6.07) is 7.82. The van der Waals surface area contributed by atoms with Crippen molar-refractivity contribution in [1.29, 1.82) is 0 Å². The second-order valence-electron chi connectivity index (χ2n) is 6.60. The van der Waals surface area contributed by atoms with Crippen molar-refractivity contribution in [1.82, 2.24) is 14.9 Å². The van der Waals surface area contributed by atoms with Crippen molar-refractivity contribution in [3.05, 3.63) is 36.0 Å². The largest absolute Gasteiger partial charge is 0.493 e. The van der Waals surface area contributed by atoms with E-state index in [-0.39, 0.29) is 5.91 Å². The number of benzene rings is 1. The van der Waals surface area contributed by atoms with Crippen molar-refractivity contribution in [2.45, 2.75) is 13.3 Å². The molecule has 1 aliphatic rings. The molecule has 1 amide bonds. The van der Waals surface area contributed by atoms with Crippen molar-refractivity contribution in [3.8, 4) is 11.5 Å². The zero-order chi connectivity index (χ0) is 19.9. The minimum absolute atomic E-state index is 0.125. The summed E-state index contributed by atoms with van der Waals surface area (Å²) < 4.78 is 10.6. The van der Waals surface area contributed by atoms with E-state index in [0.29, 0.717) is 12.5 Å². The molecule has 0 unspecified atom stereocenters. The Morgan fingerprint density at radius 1 is 1.11 bits per heavy atom. The van der Waals surface area contributed by atoms with Crippen LogP contribution >= 0.6 is 0 Å². The van der Waals surface area contributed by atoms with E-state index in [9.17, 15) is 4.79 Å². The molecule has 0 atom stereocenters. The van der Waals surface area contributed by atoms with E-state index < -0.39 is 0 Å². The number of nitrogens with one attached hydrogen (secondary N) is 1. The number of piperazine rings is 1. The van der Waals surface area contributed by atoms with Crippen LogP contribution in [0.1, 0.15) is 12.5 Å². The zero-order valence-corrected chi connectivity index (χ0v) is 16.6. The number of amides is 1. The predicted molar refractivity (Wildman–Crippen MR) is 108 cm³/mol. The molecule has 150 valence electrons. The molecule has 1 saturated heterocycles. The molecule has 0 saturated carbocycles. The molecule has 0 radical (unpaired) electrons. The molecule has 0 aliphatic carbocycles. The molecular formula is C20H27N5O3. The highest BCUT2D eigenvalue weighted by Gasteiger charge is 2.19. The molecule has 1 aromatic heterocycles. The number of nitrogens with zero attached hydrogens (tertiary/aromatic N) is 4. The number of hydrogen-bond acceptors (Lipinski definition) is 7. The fourth-order valence-electron chi connectivity index (χ4n) is 3.22. The van der Waals surface area contributed by atoms with Crippen LogP contribution in [0.2, 0.25) is 0 Å². The zero-order valence-electron chi connectivity index (χ0n) is 16.6. The van der Waals surface area contributed by atoms with Crippen molar-refractivity contribution < 1.29 is 14.3 Å². The summed E-state index contributed by atoms with van der Waals surface area (Å²) in [7, 11) is 3.26. The van der Waals surface area contributed by atoms with Crippen LogP contribution in [0.5, 0.6) is 11.5 Å². The van der Waals surface area contributed by atoms with Gasteiger partial charge in [-0.2, -0.15) is 4.98 Å². The average Bonchev–Trinajstić information content (AvgIpc) is 2.74. The van der Waals surface area contributed by atoms with Crippen LogP contribution in [0.25, 0.3) is 0 Å². The summed E-state index contributed by atoms with van der Waals surface area (Å²) in [4.78, 5) is 24.4. The van der Waals surface area contributed by atoms with E-state index in [2.05, 4.69) is 20.2 Å². The van der Waals surface area contributed by atoms with Crippen molar-refractivity contribution in [2.75, 3.05) is 57.2 Å². The van der Waals surface area contributed by atoms with E-state index in [1.54, 1.807) is 27.3 Å². The molecule has 1 aromatic carbocycles. The highest BCUT2D eigenvalue weighted by atomic mass is 16.5. The minimum atomic E-state index is 0.125. The van der Waals surface area contributed by atoms with E-state index in [0.717, 1.165) is 55.5 Å². The lowest BCUT2D eigenvalue weighted by Gasteiger charge is -2.34. The maximum absolute atomic E-state index is 11.5. The highest BCUT2D eigenvalue weighted by Crippen LogP contribution is 2.27. The van der Waals surface area contributed by atoms with E-state index in [4.69, 9.17) is 9.47 Å². The summed E-state index contributed by atoms with van der Waals surface area (Å²) in [6.07, 6.45) is 2.57.